The monoisotopic (exact) mass is 504 g/mol. The number of benzene rings is 3. The van der Waals surface area contributed by atoms with Crippen LogP contribution >= 0.6 is 0 Å². The summed E-state index contributed by atoms with van der Waals surface area (Å²) in [6.45, 7) is 0. The van der Waals surface area contributed by atoms with Gasteiger partial charge in [0.25, 0.3) is 0 Å². The number of carbonyl (C=O) groups excluding carboxylic acids is 2. The summed E-state index contributed by atoms with van der Waals surface area (Å²) < 4.78 is 2.85. The minimum absolute atomic E-state index is 0.194. The van der Waals surface area contributed by atoms with Crippen molar-refractivity contribution in [2.45, 2.75) is 11.5 Å². The molecule has 0 unspecified atom stereocenters. The molecule has 34 heavy (non-hydrogen) atoms. The number of ketones is 2. The van der Waals surface area contributed by atoms with Gasteiger partial charge in [-0.15, -0.1) is 0 Å². The first-order valence-corrected chi connectivity index (χ1v) is 17.6. The summed E-state index contributed by atoms with van der Waals surface area (Å²) in [5, 5.41) is 0. The van der Waals surface area contributed by atoms with E-state index >= 15 is 0 Å². The van der Waals surface area contributed by atoms with Gasteiger partial charge in [0.15, 0.2) is 0 Å². The third-order valence-corrected chi connectivity index (χ3v) is 14.3. The van der Waals surface area contributed by atoms with E-state index in [0.29, 0.717) is 11.1 Å². The van der Waals surface area contributed by atoms with Crippen LogP contribution in [0.4, 0.5) is 17.2 Å². The Morgan fingerprint density at radius 2 is 1.24 bits per heavy atom. The van der Waals surface area contributed by atoms with E-state index in [0.717, 1.165) is 11.4 Å². The summed E-state index contributed by atoms with van der Waals surface area (Å²) in [5.74, 6) is 5.23. The quantitative estimate of drug-likeness (QED) is 0.216. The molecule has 0 atom stereocenters. The summed E-state index contributed by atoms with van der Waals surface area (Å²) in [7, 11) is 0. The number of pyridine rings is 1. The summed E-state index contributed by atoms with van der Waals surface area (Å²) in [6.07, 6.45) is 3.39. The van der Waals surface area contributed by atoms with E-state index < -0.39 is 13.3 Å². The van der Waals surface area contributed by atoms with Crippen LogP contribution in [0.1, 0.15) is 26.3 Å². The Labute approximate surface area is 200 Å². The van der Waals surface area contributed by atoms with Gasteiger partial charge in [-0.05, 0) is 0 Å². The average molecular weight is 503 g/mol. The molecule has 0 fully saturated rings. The van der Waals surface area contributed by atoms with Gasteiger partial charge in [-0.2, -0.15) is 0 Å². The minimum atomic E-state index is -2.44. The van der Waals surface area contributed by atoms with Crippen molar-refractivity contribution in [3.8, 4) is 0 Å². The molecular formula is C29H22GeN2O2. The Bertz CT molecular complexity index is 1430. The Kier molecular flexibility index (Phi) is 4.68. The number of anilines is 3. The van der Waals surface area contributed by atoms with E-state index in [-0.39, 0.29) is 17.1 Å². The van der Waals surface area contributed by atoms with Crippen LogP contribution in [-0.2, 0) is 0 Å². The molecular weight excluding hydrogens is 481 g/mol. The van der Waals surface area contributed by atoms with E-state index in [2.05, 4.69) is 64.9 Å². The van der Waals surface area contributed by atoms with Crippen molar-refractivity contribution in [3.05, 3.63) is 113 Å². The van der Waals surface area contributed by atoms with Gasteiger partial charge in [-0.25, -0.2) is 0 Å². The van der Waals surface area contributed by atoms with Gasteiger partial charge in [0.2, 0.25) is 0 Å². The second-order valence-electron chi connectivity index (χ2n) is 9.21. The molecule has 4 nitrogen and oxygen atoms in total. The first-order chi connectivity index (χ1) is 16.5. The van der Waals surface area contributed by atoms with Crippen molar-refractivity contribution in [3.63, 3.8) is 0 Å². The molecule has 0 saturated heterocycles. The van der Waals surface area contributed by atoms with E-state index in [9.17, 15) is 9.59 Å². The van der Waals surface area contributed by atoms with E-state index in [1.165, 1.54) is 20.2 Å². The fourth-order valence-electron chi connectivity index (χ4n) is 5.10. The average Bonchev–Trinajstić information content (AvgIpc) is 3.10. The number of rotatable bonds is 2. The molecule has 3 aromatic carbocycles. The summed E-state index contributed by atoms with van der Waals surface area (Å²) >= 11 is -2.44. The summed E-state index contributed by atoms with van der Waals surface area (Å²) in [6, 6.07) is 28.1. The number of Topliss-reactive ketones (excluding diaryl/α,β-unsaturated/α-hetero) is 2. The van der Waals surface area contributed by atoms with Crippen molar-refractivity contribution in [2.24, 2.45) is 0 Å². The molecule has 5 heteroatoms. The molecule has 2 aliphatic rings. The molecule has 0 radical (unpaired) electrons. The molecule has 0 saturated carbocycles. The zero-order valence-corrected chi connectivity index (χ0v) is 21.0. The molecule has 0 amide bonds. The molecule has 4 aromatic rings. The van der Waals surface area contributed by atoms with Crippen molar-refractivity contribution >= 4 is 56.9 Å². The number of aromatic nitrogens is 1. The first-order valence-electron chi connectivity index (χ1n) is 11.3. The van der Waals surface area contributed by atoms with Crippen LogP contribution in [0.5, 0.6) is 0 Å². The number of carbonyl (C=O) groups is 2. The molecule has 0 N–H and O–H groups in total. The van der Waals surface area contributed by atoms with Gasteiger partial charge in [0, 0.05) is 0 Å². The Hall–Kier alpha value is -3.77. The zero-order chi connectivity index (χ0) is 23.4. The van der Waals surface area contributed by atoms with Gasteiger partial charge in [-0.1, -0.05) is 12.1 Å². The predicted octanol–water partition coefficient (Wildman–Crippen LogP) is 5.15. The number of para-hydroxylation sites is 2. The van der Waals surface area contributed by atoms with Gasteiger partial charge in [0.05, 0.1) is 0 Å². The van der Waals surface area contributed by atoms with Gasteiger partial charge < -0.3 is 0 Å². The predicted molar refractivity (Wildman–Crippen MR) is 139 cm³/mol. The Morgan fingerprint density at radius 3 is 1.76 bits per heavy atom. The van der Waals surface area contributed by atoms with Crippen LogP contribution in [0.15, 0.2) is 96.7 Å². The maximum atomic E-state index is 12.7. The molecule has 0 bridgehead atoms. The van der Waals surface area contributed by atoms with Crippen LogP contribution in [0, 0.1) is 0 Å². The molecule has 164 valence electrons. The van der Waals surface area contributed by atoms with Crippen molar-refractivity contribution in [2.75, 3.05) is 4.90 Å². The molecule has 0 spiro atoms. The molecule has 1 aliphatic heterocycles. The second-order valence-corrected chi connectivity index (χ2v) is 18.3. The number of hydrogen-bond acceptors (Lipinski definition) is 4. The normalized spacial score (nSPS) is 15.6. The van der Waals surface area contributed by atoms with Gasteiger partial charge in [0.1, 0.15) is 0 Å². The molecule has 6 rings (SSSR count). The van der Waals surface area contributed by atoms with Gasteiger partial charge >= 0.3 is 189 Å². The molecule has 1 aromatic heterocycles. The second kappa shape index (κ2) is 7.64. The van der Waals surface area contributed by atoms with Crippen molar-refractivity contribution in [1.82, 2.24) is 4.98 Å². The number of fused-ring (bicyclic) bond motifs is 3. The molecule has 1 aliphatic carbocycles. The number of nitrogens with zero attached hydrogens (tertiary/aromatic N) is 2. The van der Waals surface area contributed by atoms with E-state index in [1.807, 2.05) is 12.1 Å². The van der Waals surface area contributed by atoms with E-state index in [4.69, 9.17) is 4.98 Å². The number of allylic oxidation sites excluding steroid dienone is 1. The van der Waals surface area contributed by atoms with Crippen LogP contribution in [0.25, 0.3) is 6.08 Å². The van der Waals surface area contributed by atoms with E-state index in [1.54, 1.807) is 36.5 Å². The number of hydrogen-bond donors (Lipinski definition) is 0. The zero-order valence-electron chi connectivity index (χ0n) is 18.9. The fraction of sp³-hybridized carbons (Fsp3) is 0.0690. The van der Waals surface area contributed by atoms with Crippen LogP contribution < -0.4 is 13.7 Å². The Morgan fingerprint density at radius 1 is 0.706 bits per heavy atom. The van der Waals surface area contributed by atoms with Crippen molar-refractivity contribution in [1.29, 1.82) is 0 Å². The Balaban J connectivity index is 1.41. The van der Waals surface area contributed by atoms with Gasteiger partial charge in [-0.3, -0.25) is 0 Å². The SMILES string of the molecule is [CH3][Ge]1([CH3])[c]2ccccc2N(c2ccc(C=C3C(=O)c4ccccc4C3=O)cn2)c2cccc[c]21. The standard InChI is InChI=1S/C29H22GeN2O2/c1-30(2)23-11-5-7-13-25(23)32(26-14-8-6-12-24(26)30)27-16-15-19(18-31-27)17-22-28(33)20-9-3-4-10-21(20)29(22)34/h3-18H,1-2H3. The van der Waals surface area contributed by atoms with Crippen LogP contribution in [-0.4, -0.2) is 29.8 Å². The summed E-state index contributed by atoms with van der Waals surface area (Å²) in [5.41, 5.74) is 4.23. The van der Waals surface area contributed by atoms with Crippen LogP contribution in [0.3, 0.4) is 0 Å². The van der Waals surface area contributed by atoms with Crippen LogP contribution in [0.2, 0.25) is 11.5 Å². The third kappa shape index (κ3) is 3.02. The summed E-state index contributed by atoms with van der Waals surface area (Å²) in [4.78, 5) is 32.5. The molecule has 2 heterocycles. The fourth-order valence-corrected chi connectivity index (χ4v) is 11.4. The first kappa shape index (κ1) is 20.8. The third-order valence-electron chi connectivity index (χ3n) is 6.85. The maximum absolute atomic E-state index is 12.7. The van der Waals surface area contributed by atoms with Crippen molar-refractivity contribution < 1.29 is 9.59 Å². The topological polar surface area (TPSA) is 50.3 Å².